The summed E-state index contributed by atoms with van der Waals surface area (Å²) < 4.78 is 0. The second-order valence-corrected chi connectivity index (χ2v) is 6.08. The third-order valence-electron chi connectivity index (χ3n) is 4.71. The van der Waals surface area contributed by atoms with E-state index < -0.39 is 0 Å². The van der Waals surface area contributed by atoms with E-state index in [9.17, 15) is 0 Å². The quantitative estimate of drug-likeness (QED) is 0.744. The third-order valence-corrected chi connectivity index (χ3v) is 4.71. The van der Waals surface area contributed by atoms with Crippen LogP contribution >= 0.6 is 0 Å². The number of hydrogen-bond acceptors (Lipinski definition) is 0. The molecule has 0 aromatic heterocycles. The molecule has 4 rings (SSSR count). The Morgan fingerprint density at radius 3 is 2.10 bits per heavy atom. The van der Waals surface area contributed by atoms with Crippen molar-refractivity contribution in [1.29, 1.82) is 0 Å². The van der Waals surface area contributed by atoms with E-state index in [0.717, 1.165) is 13.0 Å². The van der Waals surface area contributed by atoms with Gasteiger partial charge < -0.3 is 4.90 Å². The molecule has 2 aromatic rings. The summed E-state index contributed by atoms with van der Waals surface area (Å²) in [5, 5.41) is 0. The van der Waals surface area contributed by atoms with Crippen molar-refractivity contribution >= 4 is 11.1 Å². The standard InChI is InChI=1S/C19H19N/c1-20-11-10-18-16-8-4-2-6-14(16)12-15-7-3-5-9-17(15)19(18)13-20/h2-9H,10-13H2,1H3/p+1. The maximum Gasteiger partial charge on any atom is 0.103 e. The smallest absolute Gasteiger partial charge is 0.103 e. The molecular formula is C19H20N+. The predicted molar refractivity (Wildman–Crippen MR) is 83.7 cm³/mol. The zero-order valence-corrected chi connectivity index (χ0v) is 11.9. The minimum Gasteiger partial charge on any atom is -0.333 e. The molecule has 1 atom stereocenters. The van der Waals surface area contributed by atoms with Crippen LogP contribution in [0.3, 0.4) is 0 Å². The highest BCUT2D eigenvalue weighted by Crippen LogP contribution is 2.37. The second-order valence-electron chi connectivity index (χ2n) is 6.08. The summed E-state index contributed by atoms with van der Waals surface area (Å²) in [6.45, 7) is 2.40. The number of likely N-dealkylation sites (N-methyl/N-ethyl adjacent to an activating group) is 1. The van der Waals surface area contributed by atoms with Crippen LogP contribution < -0.4 is 4.90 Å². The highest BCUT2D eigenvalue weighted by Gasteiger charge is 2.26. The average molecular weight is 262 g/mol. The van der Waals surface area contributed by atoms with Gasteiger partial charge in [0, 0.05) is 12.0 Å². The fraction of sp³-hybridized carbons (Fsp3) is 0.263. The molecule has 0 bridgehead atoms. The molecule has 1 unspecified atom stereocenters. The summed E-state index contributed by atoms with van der Waals surface area (Å²) in [4.78, 5) is 1.62. The highest BCUT2D eigenvalue weighted by atomic mass is 15.1. The Balaban J connectivity index is 2.01. The van der Waals surface area contributed by atoms with Gasteiger partial charge in [-0.15, -0.1) is 0 Å². The number of quaternary nitrogens is 1. The van der Waals surface area contributed by atoms with Crippen LogP contribution in [0.1, 0.15) is 28.7 Å². The van der Waals surface area contributed by atoms with Gasteiger partial charge in [0.2, 0.25) is 0 Å². The topological polar surface area (TPSA) is 4.44 Å². The van der Waals surface area contributed by atoms with E-state index in [2.05, 4.69) is 55.6 Å². The molecule has 0 fully saturated rings. The first-order chi connectivity index (χ1) is 9.83. The molecule has 0 amide bonds. The maximum absolute atomic E-state index is 2.32. The fourth-order valence-corrected chi connectivity index (χ4v) is 3.68. The lowest BCUT2D eigenvalue weighted by Crippen LogP contribution is -3.09. The summed E-state index contributed by atoms with van der Waals surface area (Å²) in [6.07, 6.45) is 2.27. The van der Waals surface area contributed by atoms with Gasteiger partial charge in [-0.3, -0.25) is 0 Å². The van der Waals surface area contributed by atoms with Crippen LogP contribution in [0.2, 0.25) is 0 Å². The van der Waals surface area contributed by atoms with E-state index >= 15 is 0 Å². The molecule has 0 radical (unpaired) electrons. The van der Waals surface area contributed by atoms with Gasteiger partial charge in [-0.2, -0.15) is 0 Å². The Labute approximate surface area is 120 Å². The Morgan fingerprint density at radius 2 is 1.40 bits per heavy atom. The van der Waals surface area contributed by atoms with Crippen molar-refractivity contribution in [1.82, 2.24) is 0 Å². The normalized spacial score (nSPS) is 20.8. The molecular weight excluding hydrogens is 242 g/mol. The molecule has 1 N–H and O–H groups in total. The number of fused-ring (bicyclic) bond motifs is 4. The van der Waals surface area contributed by atoms with Gasteiger partial charge in [0.05, 0.1) is 13.6 Å². The van der Waals surface area contributed by atoms with Crippen LogP contribution in [0, 0.1) is 0 Å². The molecule has 0 saturated carbocycles. The molecule has 1 heterocycles. The van der Waals surface area contributed by atoms with Gasteiger partial charge in [0.1, 0.15) is 6.54 Å². The van der Waals surface area contributed by atoms with Gasteiger partial charge in [-0.1, -0.05) is 48.5 Å². The van der Waals surface area contributed by atoms with Gasteiger partial charge in [-0.05, 0) is 34.2 Å². The molecule has 1 aliphatic carbocycles. The summed E-state index contributed by atoms with van der Waals surface area (Å²) in [6, 6.07) is 17.9. The van der Waals surface area contributed by atoms with Crippen LogP contribution in [-0.4, -0.2) is 20.1 Å². The largest absolute Gasteiger partial charge is 0.333 e. The van der Waals surface area contributed by atoms with Gasteiger partial charge >= 0.3 is 0 Å². The van der Waals surface area contributed by atoms with Crippen molar-refractivity contribution in [3.8, 4) is 0 Å². The number of rotatable bonds is 0. The Morgan fingerprint density at radius 1 is 0.800 bits per heavy atom. The molecule has 0 saturated heterocycles. The van der Waals surface area contributed by atoms with Gasteiger partial charge in [-0.25, -0.2) is 0 Å². The van der Waals surface area contributed by atoms with Crippen LogP contribution in [0.5, 0.6) is 0 Å². The molecule has 1 heteroatoms. The van der Waals surface area contributed by atoms with Crippen molar-refractivity contribution < 1.29 is 4.90 Å². The Kier molecular flexibility index (Phi) is 2.75. The van der Waals surface area contributed by atoms with Crippen molar-refractivity contribution in [3.05, 3.63) is 70.8 Å². The van der Waals surface area contributed by atoms with E-state index in [1.54, 1.807) is 16.0 Å². The van der Waals surface area contributed by atoms with Gasteiger partial charge in [0.25, 0.3) is 0 Å². The first-order valence-electron chi connectivity index (χ1n) is 7.53. The molecule has 2 aromatic carbocycles. The molecule has 1 aliphatic heterocycles. The van der Waals surface area contributed by atoms with E-state index in [1.165, 1.54) is 35.2 Å². The third kappa shape index (κ3) is 1.82. The molecule has 20 heavy (non-hydrogen) atoms. The lowest BCUT2D eigenvalue weighted by atomic mass is 9.89. The highest BCUT2D eigenvalue weighted by molar-refractivity contribution is 5.94. The van der Waals surface area contributed by atoms with Crippen LogP contribution in [0.25, 0.3) is 11.1 Å². The van der Waals surface area contributed by atoms with Crippen LogP contribution in [-0.2, 0) is 6.42 Å². The minimum absolute atomic E-state index is 1.07. The first-order valence-corrected chi connectivity index (χ1v) is 7.53. The molecule has 2 aliphatic rings. The lowest BCUT2D eigenvalue weighted by Gasteiger charge is -2.26. The van der Waals surface area contributed by atoms with E-state index in [-0.39, 0.29) is 0 Å². The molecule has 100 valence electrons. The number of nitrogens with one attached hydrogen (secondary N) is 1. The molecule has 1 nitrogen and oxygen atoms in total. The lowest BCUT2D eigenvalue weighted by molar-refractivity contribution is -0.872. The SMILES string of the molecule is C[NH+]1CCC2=C(C1)c1ccccc1Cc1ccccc12. The predicted octanol–water partition coefficient (Wildman–Crippen LogP) is 2.42. The average Bonchev–Trinajstić information content (AvgIpc) is 2.61. The monoisotopic (exact) mass is 262 g/mol. The summed E-state index contributed by atoms with van der Waals surface area (Å²) in [5.74, 6) is 0. The van der Waals surface area contributed by atoms with Crippen molar-refractivity contribution in [2.45, 2.75) is 12.8 Å². The van der Waals surface area contributed by atoms with E-state index in [4.69, 9.17) is 0 Å². The summed E-state index contributed by atoms with van der Waals surface area (Å²) >= 11 is 0. The van der Waals surface area contributed by atoms with E-state index in [1.807, 2.05) is 0 Å². The van der Waals surface area contributed by atoms with Crippen LogP contribution in [0.4, 0.5) is 0 Å². The fourth-order valence-electron chi connectivity index (χ4n) is 3.68. The number of hydrogen-bond donors (Lipinski definition) is 1. The minimum atomic E-state index is 1.07. The van der Waals surface area contributed by atoms with Crippen molar-refractivity contribution in [2.24, 2.45) is 0 Å². The second kappa shape index (κ2) is 4.60. The Hall–Kier alpha value is -1.86. The van der Waals surface area contributed by atoms with Gasteiger partial charge in [0.15, 0.2) is 0 Å². The van der Waals surface area contributed by atoms with E-state index in [0.29, 0.717) is 0 Å². The summed E-state index contributed by atoms with van der Waals surface area (Å²) in [5.41, 5.74) is 9.12. The summed E-state index contributed by atoms with van der Waals surface area (Å²) in [7, 11) is 2.31. The maximum atomic E-state index is 2.32. The molecule has 0 spiro atoms. The first kappa shape index (κ1) is 11.9. The Bertz CT molecular complexity index is 696. The zero-order chi connectivity index (χ0) is 13.5. The zero-order valence-electron chi connectivity index (χ0n) is 11.9. The van der Waals surface area contributed by atoms with Crippen molar-refractivity contribution in [2.75, 3.05) is 20.1 Å². The van der Waals surface area contributed by atoms with Crippen molar-refractivity contribution in [3.63, 3.8) is 0 Å². The van der Waals surface area contributed by atoms with Crippen LogP contribution in [0.15, 0.2) is 48.5 Å². The number of benzene rings is 2.